The lowest BCUT2D eigenvalue weighted by Gasteiger charge is -2.09. The van der Waals surface area contributed by atoms with Gasteiger partial charge in [0.05, 0.1) is 10.4 Å². The maximum atomic E-state index is 13.5. The third kappa shape index (κ3) is 2.33. The molecule has 1 aromatic rings. The summed E-state index contributed by atoms with van der Waals surface area (Å²) in [5.41, 5.74) is 0.166. The standard InChI is InChI=1S/C9H7Br2FO2/c1-4(9(13)14)6-2-5(10)3-7(11)8(6)12/h2-4H,1H3,(H,13,14). The average molecular weight is 326 g/mol. The molecule has 5 heteroatoms. The molecule has 0 radical (unpaired) electrons. The summed E-state index contributed by atoms with van der Waals surface area (Å²) in [6.45, 7) is 1.44. The van der Waals surface area contributed by atoms with Gasteiger partial charge in [0.2, 0.25) is 0 Å². The van der Waals surface area contributed by atoms with E-state index in [9.17, 15) is 9.18 Å². The molecule has 0 saturated carbocycles. The molecule has 1 N–H and O–H groups in total. The number of benzene rings is 1. The van der Waals surface area contributed by atoms with E-state index in [4.69, 9.17) is 5.11 Å². The molecule has 0 saturated heterocycles. The van der Waals surface area contributed by atoms with Crippen molar-refractivity contribution in [3.63, 3.8) is 0 Å². The molecule has 1 rings (SSSR count). The average Bonchev–Trinajstić information content (AvgIpc) is 2.09. The van der Waals surface area contributed by atoms with E-state index in [0.29, 0.717) is 4.47 Å². The van der Waals surface area contributed by atoms with Gasteiger partial charge in [-0.25, -0.2) is 4.39 Å². The van der Waals surface area contributed by atoms with Gasteiger partial charge in [-0.15, -0.1) is 0 Å². The molecule has 1 aromatic carbocycles. The molecular weight excluding hydrogens is 319 g/mol. The van der Waals surface area contributed by atoms with Crippen molar-refractivity contribution in [2.24, 2.45) is 0 Å². The van der Waals surface area contributed by atoms with Gasteiger partial charge in [-0.1, -0.05) is 15.9 Å². The van der Waals surface area contributed by atoms with E-state index in [1.807, 2.05) is 0 Å². The smallest absolute Gasteiger partial charge is 0.310 e. The zero-order chi connectivity index (χ0) is 10.9. The fourth-order valence-electron chi connectivity index (χ4n) is 1.02. The molecule has 0 heterocycles. The van der Waals surface area contributed by atoms with Crippen molar-refractivity contribution in [3.8, 4) is 0 Å². The summed E-state index contributed by atoms with van der Waals surface area (Å²) < 4.78 is 14.4. The summed E-state index contributed by atoms with van der Waals surface area (Å²) in [5.74, 6) is -2.43. The fourth-order valence-corrected chi connectivity index (χ4v) is 2.28. The lowest BCUT2D eigenvalue weighted by atomic mass is 10.0. The second-order valence-electron chi connectivity index (χ2n) is 2.85. The number of aliphatic carboxylic acids is 1. The molecule has 0 aliphatic heterocycles. The zero-order valence-corrected chi connectivity index (χ0v) is 10.4. The van der Waals surface area contributed by atoms with Crippen LogP contribution in [0.2, 0.25) is 0 Å². The van der Waals surface area contributed by atoms with Gasteiger partial charge in [0.25, 0.3) is 0 Å². The van der Waals surface area contributed by atoms with Gasteiger partial charge in [-0.2, -0.15) is 0 Å². The van der Waals surface area contributed by atoms with Gasteiger partial charge in [-0.3, -0.25) is 4.79 Å². The first-order valence-corrected chi connectivity index (χ1v) is 5.39. The summed E-state index contributed by atoms with van der Waals surface area (Å²) in [4.78, 5) is 10.7. The van der Waals surface area contributed by atoms with Crippen LogP contribution in [0.1, 0.15) is 18.4 Å². The summed E-state index contributed by atoms with van der Waals surface area (Å²) in [5, 5.41) is 8.74. The van der Waals surface area contributed by atoms with Gasteiger partial charge in [0.1, 0.15) is 5.82 Å². The number of hydrogen-bond acceptors (Lipinski definition) is 1. The van der Waals surface area contributed by atoms with Crippen molar-refractivity contribution < 1.29 is 14.3 Å². The first kappa shape index (κ1) is 11.7. The third-order valence-corrected chi connectivity index (χ3v) is 2.89. The van der Waals surface area contributed by atoms with Crippen molar-refractivity contribution in [2.45, 2.75) is 12.8 Å². The molecule has 0 aliphatic carbocycles. The van der Waals surface area contributed by atoms with Crippen LogP contribution in [0.15, 0.2) is 21.1 Å². The lowest BCUT2D eigenvalue weighted by Crippen LogP contribution is -2.09. The lowest BCUT2D eigenvalue weighted by molar-refractivity contribution is -0.138. The molecule has 76 valence electrons. The Morgan fingerprint density at radius 3 is 2.57 bits per heavy atom. The van der Waals surface area contributed by atoms with E-state index in [0.717, 1.165) is 0 Å². The van der Waals surface area contributed by atoms with Crippen molar-refractivity contribution >= 4 is 37.8 Å². The molecule has 1 unspecified atom stereocenters. The predicted molar refractivity (Wildman–Crippen MR) is 57.9 cm³/mol. The molecule has 1 atom stereocenters. The SMILES string of the molecule is CC(C(=O)O)c1cc(Br)cc(Br)c1F. The van der Waals surface area contributed by atoms with Crippen molar-refractivity contribution in [3.05, 3.63) is 32.5 Å². The molecule has 0 aromatic heterocycles. The highest BCUT2D eigenvalue weighted by molar-refractivity contribution is 9.11. The van der Waals surface area contributed by atoms with Crippen LogP contribution in [-0.4, -0.2) is 11.1 Å². The third-order valence-electron chi connectivity index (χ3n) is 1.86. The first-order chi connectivity index (χ1) is 6.43. The second kappa shape index (κ2) is 4.40. The normalized spacial score (nSPS) is 12.6. The van der Waals surface area contributed by atoms with Gasteiger partial charge in [0.15, 0.2) is 0 Å². The van der Waals surface area contributed by atoms with Crippen LogP contribution in [-0.2, 0) is 4.79 Å². The van der Waals surface area contributed by atoms with Crippen LogP contribution in [0.3, 0.4) is 0 Å². The van der Waals surface area contributed by atoms with Crippen LogP contribution in [0.25, 0.3) is 0 Å². The Labute approximate surface area is 97.4 Å². The Hall–Kier alpha value is -0.420. The van der Waals surface area contributed by atoms with Crippen LogP contribution >= 0.6 is 31.9 Å². The highest BCUT2D eigenvalue weighted by atomic mass is 79.9. The van der Waals surface area contributed by atoms with E-state index < -0.39 is 17.7 Å². The summed E-state index contributed by atoms with van der Waals surface area (Å²) in [6.07, 6.45) is 0. The van der Waals surface area contributed by atoms with Crippen molar-refractivity contribution in [1.29, 1.82) is 0 Å². The fraction of sp³-hybridized carbons (Fsp3) is 0.222. The number of carboxylic acid groups (broad SMARTS) is 1. The number of halogens is 3. The minimum Gasteiger partial charge on any atom is -0.481 e. The summed E-state index contributed by atoms with van der Waals surface area (Å²) >= 11 is 6.19. The van der Waals surface area contributed by atoms with Crippen LogP contribution < -0.4 is 0 Å². The Bertz CT molecular complexity index is 379. The highest BCUT2D eigenvalue weighted by Crippen LogP contribution is 2.29. The monoisotopic (exact) mass is 324 g/mol. The Morgan fingerprint density at radius 2 is 2.07 bits per heavy atom. The first-order valence-electron chi connectivity index (χ1n) is 3.80. The Morgan fingerprint density at radius 1 is 1.50 bits per heavy atom. The predicted octanol–water partition coefficient (Wildman–Crippen LogP) is 3.54. The van der Waals surface area contributed by atoms with Crippen LogP contribution in [0.4, 0.5) is 4.39 Å². The molecule has 0 bridgehead atoms. The molecule has 14 heavy (non-hydrogen) atoms. The van der Waals surface area contributed by atoms with E-state index in [1.165, 1.54) is 19.1 Å². The van der Waals surface area contributed by atoms with E-state index in [2.05, 4.69) is 31.9 Å². The molecule has 2 nitrogen and oxygen atoms in total. The Balaban J connectivity index is 3.26. The summed E-state index contributed by atoms with van der Waals surface area (Å²) in [7, 11) is 0. The van der Waals surface area contributed by atoms with Gasteiger partial charge < -0.3 is 5.11 Å². The zero-order valence-electron chi connectivity index (χ0n) is 7.22. The maximum Gasteiger partial charge on any atom is 0.310 e. The molecule has 0 spiro atoms. The van der Waals surface area contributed by atoms with Gasteiger partial charge in [0, 0.05) is 10.0 Å². The molecular formula is C9H7Br2FO2. The number of rotatable bonds is 2. The van der Waals surface area contributed by atoms with E-state index >= 15 is 0 Å². The quantitative estimate of drug-likeness (QED) is 0.844. The topological polar surface area (TPSA) is 37.3 Å². The van der Waals surface area contributed by atoms with Crippen LogP contribution in [0.5, 0.6) is 0 Å². The van der Waals surface area contributed by atoms with Gasteiger partial charge in [-0.05, 0) is 35.0 Å². The number of carboxylic acids is 1. The van der Waals surface area contributed by atoms with E-state index in [1.54, 1.807) is 0 Å². The molecule has 0 aliphatic rings. The largest absolute Gasteiger partial charge is 0.481 e. The highest BCUT2D eigenvalue weighted by Gasteiger charge is 2.19. The summed E-state index contributed by atoms with van der Waals surface area (Å²) in [6, 6.07) is 3.01. The van der Waals surface area contributed by atoms with Crippen LogP contribution in [0, 0.1) is 5.82 Å². The second-order valence-corrected chi connectivity index (χ2v) is 4.62. The Kier molecular flexibility index (Phi) is 3.66. The van der Waals surface area contributed by atoms with Crippen molar-refractivity contribution in [2.75, 3.05) is 0 Å². The van der Waals surface area contributed by atoms with Gasteiger partial charge >= 0.3 is 5.97 Å². The minimum atomic E-state index is -1.05. The molecule has 0 fully saturated rings. The maximum absolute atomic E-state index is 13.5. The number of hydrogen-bond donors (Lipinski definition) is 1. The minimum absolute atomic E-state index is 0.166. The van der Waals surface area contributed by atoms with Crippen molar-refractivity contribution in [1.82, 2.24) is 0 Å². The molecule has 0 amide bonds. The van der Waals surface area contributed by atoms with E-state index in [-0.39, 0.29) is 10.0 Å². The number of carbonyl (C=O) groups is 1.